The molecule has 0 aromatic heterocycles. The van der Waals surface area contributed by atoms with Gasteiger partial charge in [-0.05, 0) is 89.5 Å². The SMILES string of the molecule is CCOC(=O)c1ccc(C=C(CC)c2cc3c(cc2C)C(C)(C)CCC3(C)C)cc1. The predicted octanol–water partition coefficient (Wildman–Crippen LogP) is 7.47. The Hall–Kier alpha value is -2.35. The molecule has 0 radical (unpaired) electrons. The summed E-state index contributed by atoms with van der Waals surface area (Å²) in [6.45, 7) is 16.2. The maximum atomic E-state index is 11.9. The molecule has 0 fully saturated rings. The summed E-state index contributed by atoms with van der Waals surface area (Å²) in [5.74, 6) is -0.265. The van der Waals surface area contributed by atoms with E-state index in [0.717, 1.165) is 12.0 Å². The van der Waals surface area contributed by atoms with E-state index < -0.39 is 0 Å². The average Bonchev–Trinajstić information content (AvgIpc) is 2.70. The van der Waals surface area contributed by atoms with E-state index in [9.17, 15) is 4.79 Å². The average molecular weight is 405 g/mol. The Kier molecular flexibility index (Phi) is 6.26. The first-order chi connectivity index (χ1) is 14.1. The van der Waals surface area contributed by atoms with Crippen molar-refractivity contribution in [2.24, 2.45) is 0 Å². The van der Waals surface area contributed by atoms with Gasteiger partial charge in [0.2, 0.25) is 0 Å². The summed E-state index contributed by atoms with van der Waals surface area (Å²) in [5.41, 5.74) is 9.16. The molecule has 2 heteroatoms. The molecule has 0 amide bonds. The summed E-state index contributed by atoms with van der Waals surface area (Å²) in [4.78, 5) is 11.9. The van der Waals surface area contributed by atoms with Crippen LogP contribution in [0.3, 0.4) is 0 Å². The third-order valence-electron chi connectivity index (χ3n) is 6.69. The van der Waals surface area contributed by atoms with Crippen molar-refractivity contribution >= 4 is 17.6 Å². The van der Waals surface area contributed by atoms with Crippen molar-refractivity contribution in [2.75, 3.05) is 6.61 Å². The summed E-state index contributed by atoms with van der Waals surface area (Å²) in [6, 6.07) is 12.6. The van der Waals surface area contributed by atoms with E-state index in [2.05, 4.69) is 59.8 Å². The summed E-state index contributed by atoms with van der Waals surface area (Å²) in [5, 5.41) is 0. The van der Waals surface area contributed by atoms with Gasteiger partial charge in [0.25, 0.3) is 0 Å². The van der Waals surface area contributed by atoms with E-state index in [1.807, 2.05) is 31.2 Å². The minimum absolute atomic E-state index is 0.202. The largest absolute Gasteiger partial charge is 0.462 e. The van der Waals surface area contributed by atoms with Gasteiger partial charge in [-0.1, -0.05) is 65.0 Å². The van der Waals surface area contributed by atoms with Crippen LogP contribution in [-0.4, -0.2) is 12.6 Å². The predicted molar refractivity (Wildman–Crippen MR) is 127 cm³/mol. The van der Waals surface area contributed by atoms with Crippen molar-refractivity contribution in [3.05, 3.63) is 69.8 Å². The quantitative estimate of drug-likeness (QED) is 0.381. The Bertz CT molecular complexity index is 959. The lowest BCUT2D eigenvalue weighted by Crippen LogP contribution is -2.34. The molecule has 0 saturated carbocycles. The van der Waals surface area contributed by atoms with Crippen LogP contribution in [0.2, 0.25) is 0 Å². The van der Waals surface area contributed by atoms with Crippen LogP contribution in [0.5, 0.6) is 0 Å². The number of hydrogen-bond donors (Lipinski definition) is 0. The molecule has 0 bridgehead atoms. The van der Waals surface area contributed by atoms with Crippen LogP contribution >= 0.6 is 0 Å². The molecule has 0 aliphatic heterocycles. The van der Waals surface area contributed by atoms with Crippen LogP contribution in [0.4, 0.5) is 0 Å². The van der Waals surface area contributed by atoms with Crippen molar-refractivity contribution in [3.8, 4) is 0 Å². The maximum absolute atomic E-state index is 11.9. The molecule has 3 rings (SSSR count). The molecule has 2 aromatic rings. The van der Waals surface area contributed by atoms with E-state index in [1.165, 1.54) is 40.7 Å². The fraction of sp³-hybridized carbons (Fsp3) is 0.464. The van der Waals surface area contributed by atoms with Crippen LogP contribution in [0.1, 0.15) is 99.0 Å². The van der Waals surface area contributed by atoms with Gasteiger partial charge < -0.3 is 4.74 Å². The van der Waals surface area contributed by atoms with E-state index in [4.69, 9.17) is 4.74 Å². The Morgan fingerprint density at radius 3 is 2.07 bits per heavy atom. The monoisotopic (exact) mass is 404 g/mol. The van der Waals surface area contributed by atoms with Gasteiger partial charge in [0.15, 0.2) is 0 Å². The molecular weight excluding hydrogens is 368 g/mol. The third-order valence-corrected chi connectivity index (χ3v) is 6.69. The fourth-order valence-electron chi connectivity index (χ4n) is 4.57. The lowest BCUT2D eigenvalue weighted by Gasteiger charge is -2.42. The summed E-state index contributed by atoms with van der Waals surface area (Å²) >= 11 is 0. The lowest BCUT2D eigenvalue weighted by molar-refractivity contribution is 0.0526. The molecule has 1 aliphatic rings. The minimum atomic E-state index is -0.265. The number of allylic oxidation sites excluding steroid dienone is 1. The molecule has 0 atom stereocenters. The second kappa shape index (κ2) is 8.41. The number of hydrogen-bond acceptors (Lipinski definition) is 2. The Morgan fingerprint density at radius 2 is 1.53 bits per heavy atom. The fourth-order valence-corrected chi connectivity index (χ4v) is 4.57. The van der Waals surface area contributed by atoms with Crippen molar-refractivity contribution < 1.29 is 9.53 Å². The molecule has 160 valence electrons. The van der Waals surface area contributed by atoms with Crippen LogP contribution in [0.25, 0.3) is 11.6 Å². The second-order valence-corrected chi connectivity index (χ2v) is 9.85. The molecule has 0 unspecified atom stereocenters. The van der Waals surface area contributed by atoms with Gasteiger partial charge in [0.1, 0.15) is 0 Å². The van der Waals surface area contributed by atoms with Gasteiger partial charge in [-0.15, -0.1) is 0 Å². The standard InChI is InChI=1S/C28H36O2/c1-8-21(17-20-10-12-22(13-11-20)26(29)30-9-2)23-18-25-24(16-19(23)3)27(4,5)14-15-28(25,6)7/h10-13,16-18H,8-9,14-15H2,1-7H3. The number of ether oxygens (including phenoxy) is 1. The summed E-state index contributed by atoms with van der Waals surface area (Å²) < 4.78 is 5.09. The van der Waals surface area contributed by atoms with Crippen molar-refractivity contribution in [2.45, 2.75) is 78.6 Å². The van der Waals surface area contributed by atoms with Crippen molar-refractivity contribution in [1.82, 2.24) is 0 Å². The minimum Gasteiger partial charge on any atom is -0.462 e. The van der Waals surface area contributed by atoms with E-state index >= 15 is 0 Å². The Balaban J connectivity index is 2.02. The molecule has 0 saturated heterocycles. The molecule has 2 aromatic carbocycles. The Labute approximate surface area is 182 Å². The van der Waals surface area contributed by atoms with E-state index in [1.54, 1.807) is 0 Å². The van der Waals surface area contributed by atoms with Gasteiger partial charge >= 0.3 is 5.97 Å². The zero-order valence-electron chi connectivity index (χ0n) is 19.7. The highest BCUT2D eigenvalue weighted by atomic mass is 16.5. The number of fused-ring (bicyclic) bond motifs is 1. The number of esters is 1. The molecule has 0 heterocycles. The van der Waals surface area contributed by atoms with Crippen molar-refractivity contribution in [1.29, 1.82) is 0 Å². The number of aryl methyl sites for hydroxylation is 1. The van der Waals surface area contributed by atoms with Gasteiger partial charge in [0.05, 0.1) is 12.2 Å². The zero-order chi connectivity index (χ0) is 22.1. The van der Waals surface area contributed by atoms with E-state index in [0.29, 0.717) is 12.2 Å². The van der Waals surface area contributed by atoms with Crippen LogP contribution in [0, 0.1) is 6.92 Å². The third kappa shape index (κ3) is 4.38. The molecule has 1 aliphatic carbocycles. The smallest absolute Gasteiger partial charge is 0.338 e. The number of carbonyl (C=O) groups excluding carboxylic acids is 1. The van der Waals surface area contributed by atoms with Gasteiger partial charge in [-0.25, -0.2) is 4.79 Å². The highest BCUT2D eigenvalue weighted by molar-refractivity contribution is 5.90. The van der Waals surface area contributed by atoms with Gasteiger partial charge in [0, 0.05) is 0 Å². The van der Waals surface area contributed by atoms with Crippen molar-refractivity contribution in [3.63, 3.8) is 0 Å². The molecule has 0 N–H and O–H groups in total. The van der Waals surface area contributed by atoms with Crippen LogP contribution in [-0.2, 0) is 15.6 Å². The molecular formula is C28H36O2. The normalized spacial score (nSPS) is 17.4. The first-order valence-electron chi connectivity index (χ1n) is 11.2. The summed E-state index contributed by atoms with van der Waals surface area (Å²) in [7, 11) is 0. The molecule has 2 nitrogen and oxygen atoms in total. The maximum Gasteiger partial charge on any atom is 0.338 e. The Morgan fingerprint density at radius 1 is 0.967 bits per heavy atom. The zero-order valence-corrected chi connectivity index (χ0v) is 19.7. The van der Waals surface area contributed by atoms with E-state index in [-0.39, 0.29) is 16.8 Å². The number of benzene rings is 2. The first-order valence-corrected chi connectivity index (χ1v) is 11.2. The second-order valence-electron chi connectivity index (χ2n) is 9.85. The van der Waals surface area contributed by atoms with Gasteiger partial charge in [-0.2, -0.15) is 0 Å². The molecule has 30 heavy (non-hydrogen) atoms. The lowest BCUT2D eigenvalue weighted by atomic mass is 9.62. The first kappa shape index (κ1) is 22.3. The number of carbonyl (C=O) groups is 1. The van der Waals surface area contributed by atoms with Gasteiger partial charge in [-0.3, -0.25) is 0 Å². The molecule has 0 spiro atoms. The summed E-state index contributed by atoms with van der Waals surface area (Å²) in [6.07, 6.45) is 5.67. The topological polar surface area (TPSA) is 26.3 Å². The highest BCUT2D eigenvalue weighted by Gasteiger charge is 2.37. The number of rotatable bonds is 5. The van der Waals surface area contributed by atoms with Crippen LogP contribution in [0.15, 0.2) is 36.4 Å². The highest BCUT2D eigenvalue weighted by Crippen LogP contribution is 2.47. The van der Waals surface area contributed by atoms with Crippen LogP contribution < -0.4 is 0 Å².